The van der Waals surface area contributed by atoms with E-state index in [0.29, 0.717) is 29.5 Å². The first-order valence-electron chi connectivity index (χ1n) is 13.3. The van der Waals surface area contributed by atoms with E-state index >= 15 is 0 Å². The van der Waals surface area contributed by atoms with E-state index in [2.05, 4.69) is 18.7 Å². The molecule has 1 fully saturated rings. The molecule has 0 aliphatic carbocycles. The molecule has 5 rings (SSSR count). The fourth-order valence-electron chi connectivity index (χ4n) is 5.54. The van der Waals surface area contributed by atoms with Crippen LogP contribution in [0.15, 0.2) is 60.7 Å². The average molecular weight is 549 g/mol. The van der Waals surface area contributed by atoms with Gasteiger partial charge in [-0.15, -0.1) is 0 Å². The average Bonchev–Trinajstić information content (AvgIpc) is 3.34. The van der Waals surface area contributed by atoms with Gasteiger partial charge in [0.05, 0.1) is 0 Å². The number of likely N-dealkylation sites (tertiary alicyclic amines) is 1. The van der Waals surface area contributed by atoms with Crippen molar-refractivity contribution in [1.29, 1.82) is 0 Å². The maximum atomic E-state index is 11.7. The number of allylic oxidation sites excluding steroid dienone is 1. The number of hydrogen-bond donors (Lipinski definition) is 2. The topological polar surface area (TPSA) is 102 Å². The minimum atomic E-state index is -2.35. The third-order valence-corrected chi connectivity index (χ3v) is 8.23. The zero-order valence-electron chi connectivity index (χ0n) is 22.4. The minimum absolute atomic E-state index is 0.0112. The summed E-state index contributed by atoms with van der Waals surface area (Å²) in [6, 6.07) is 17.8. The lowest BCUT2D eigenvalue weighted by Crippen LogP contribution is -2.35. The highest BCUT2D eigenvalue weighted by atomic mass is 32.2. The van der Waals surface area contributed by atoms with Gasteiger partial charge < -0.3 is 24.2 Å². The molecule has 0 aromatic heterocycles. The molecule has 0 spiro atoms. The molecule has 2 aliphatic heterocycles. The monoisotopic (exact) mass is 548 g/mol. The lowest BCUT2D eigenvalue weighted by molar-refractivity contribution is 0.169. The lowest BCUT2D eigenvalue weighted by atomic mass is 9.84. The number of nitrogens with zero attached hydrogens (tertiary/aromatic N) is 1. The largest absolute Gasteiger partial charge is 0.772 e. The highest BCUT2D eigenvalue weighted by Gasteiger charge is 2.31. The van der Waals surface area contributed by atoms with E-state index in [-0.39, 0.29) is 17.3 Å². The van der Waals surface area contributed by atoms with Crippen molar-refractivity contribution in [2.24, 2.45) is 5.92 Å². The van der Waals surface area contributed by atoms with Crippen molar-refractivity contribution < 1.29 is 28.4 Å². The molecule has 2 N–H and O–H groups in total. The van der Waals surface area contributed by atoms with E-state index in [1.807, 2.05) is 31.2 Å². The minimum Gasteiger partial charge on any atom is -0.772 e. The molecular weight excluding hydrogens is 514 g/mol. The second-order valence-electron chi connectivity index (χ2n) is 10.6. The van der Waals surface area contributed by atoms with Crippen LogP contribution in [-0.2, 0) is 16.8 Å². The predicted octanol–water partition coefficient (Wildman–Crippen LogP) is 5.65. The van der Waals surface area contributed by atoms with Crippen LogP contribution in [0, 0.1) is 5.92 Å². The number of hydrogen-bond acceptors (Lipinski definition) is 7. The second-order valence-corrected chi connectivity index (χ2v) is 11.5. The van der Waals surface area contributed by atoms with Crippen molar-refractivity contribution >= 4 is 22.2 Å². The Labute approximate surface area is 232 Å². The first-order valence-corrected chi connectivity index (χ1v) is 14.5. The zero-order valence-corrected chi connectivity index (χ0v) is 23.2. The summed E-state index contributed by atoms with van der Waals surface area (Å²) in [5, 5.41) is 20.2. The molecule has 39 heavy (non-hydrogen) atoms. The van der Waals surface area contributed by atoms with Crippen LogP contribution in [0.4, 0.5) is 0 Å². The molecule has 4 atom stereocenters. The van der Waals surface area contributed by atoms with Gasteiger partial charge in [-0.1, -0.05) is 36.2 Å². The van der Waals surface area contributed by atoms with Crippen molar-refractivity contribution in [1.82, 2.24) is 4.90 Å². The number of aromatic hydroxyl groups is 2. The molecular formula is C31H34NO6S-. The van der Waals surface area contributed by atoms with Gasteiger partial charge in [0.25, 0.3) is 0 Å². The Morgan fingerprint density at radius 1 is 1.08 bits per heavy atom. The fraction of sp³-hybridized carbons (Fsp3) is 0.355. The summed E-state index contributed by atoms with van der Waals surface area (Å²) < 4.78 is 35.9. The molecule has 0 radical (unpaired) electrons. The SMILES string of the molecule is CC1=C(c2ccc(O)cc2CS(=O)[O-])C(c2ccc(OC[C@H](C)N3CC[C@@H](C)C3)cc2)Oc2ccc(O)cc21. The molecule has 0 amide bonds. The van der Waals surface area contributed by atoms with Crippen LogP contribution in [0.25, 0.3) is 11.1 Å². The first-order chi connectivity index (χ1) is 18.7. The molecule has 2 heterocycles. The van der Waals surface area contributed by atoms with Gasteiger partial charge in [-0.2, -0.15) is 0 Å². The number of phenolic OH excluding ortho intramolecular Hbond substituents is 2. The first kappa shape index (κ1) is 27.2. The maximum Gasteiger partial charge on any atom is 0.150 e. The molecule has 2 aliphatic rings. The smallest absolute Gasteiger partial charge is 0.150 e. The van der Waals surface area contributed by atoms with Crippen LogP contribution >= 0.6 is 0 Å². The van der Waals surface area contributed by atoms with Crippen molar-refractivity contribution in [3.8, 4) is 23.0 Å². The summed E-state index contributed by atoms with van der Waals surface area (Å²) in [6.45, 7) is 9.24. The molecule has 1 saturated heterocycles. The molecule has 8 heteroatoms. The third kappa shape index (κ3) is 5.98. The number of fused-ring (bicyclic) bond motifs is 1. The Morgan fingerprint density at radius 3 is 2.49 bits per heavy atom. The lowest BCUT2D eigenvalue weighted by Gasteiger charge is -2.32. The van der Waals surface area contributed by atoms with Crippen LogP contribution in [0.1, 0.15) is 55.5 Å². The standard InChI is InChI=1S/C31H35NO6S/c1-19-12-13-32(16-19)20(2)17-37-26-8-4-22(5-9-26)31-30(21(3)28-15-25(34)7-11-29(28)38-31)27-10-6-24(33)14-23(27)18-39(35)36/h4-11,14-15,19-20,31,33-34H,12-13,16-18H2,1-3H3,(H,35,36)/p-1/t19-,20+,31?/m1/s1. The normalized spacial score (nSPS) is 20.8. The van der Waals surface area contributed by atoms with Gasteiger partial charge in [-0.3, -0.25) is 9.11 Å². The van der Waals surface area contributed by atoms with Crippen LogP contribution < -0.4 is 9.47 Å². The predicted molar refractivity (Wildman–Crippen MR) is 151 cm³/mol. The highest BCUT2D eigenvalue weighted by molar-refractivity contribution is 7.78. The van der Waals surface area contributed by atoms with E-state index in [1.165, 1.54) is 12.5 Å². The van der Waals surface area contributed by atoms with Gasteiger partial charge in [0.15, 0.2) is 0 Å². The molecule has 3 aromatic rings. The Kier molecular flexibility index (Phi) is 7.98. The maximum absolute atomic E-state index is 11.7. The van der Waals surface area contributed by atoms with Crippen molar-refractivity contribution in [3.63, 3.8) is 0 Å². The Morgan fingerprint density at radius 2 is 1.79 bits per heavy atom. The van der Waals surface area contributed by atoms with Crippen LogP contribution in [-0.4, -0.2) is 49.6 Å². The molecule has 0 saturated carbocycles. The van der Waals surface area contributed by atoms with E-state index in [1.54, 1.807) is 30.3 Å². The van der Waals surface area contributed by atoms with Crippen molar-refractivity contribution in [2.45, 2.75) is 45.1 Å². The van der Waals surface area contributed by atoms with E-state index in [9.17, 15) is 19.0 Å². The second kappa shape index (κ2) is 11.4. The fourth-order valence-corrected chi connectivity index (χ4v) is 6.03. The summed E-state index contributed by atoms with van der Waals surface area (Å²) in [7, 11) is 0. The molecule has 7 nitrogen and oxygen atoms in total. The summed E-state index contributed by atoms with van der Waals surface area (Å²) in [5.74, 6) is 1.97. The summed E-state index contributed by atoms with van der Waals surface area (Å²) in [5.41, 5.74) is 4.38. The Hall–Kier alpha value is -3.33. The zero-order chi connectivity index (χ0) is 27.7. The summed E-state index contributed by atoms with van der Waals surface area (Å²) >= 11 is -2.35. The van der Waals surface area contributed by atoms with E-state index in [0.717, 1.165) is 47.0 Å². The Bertz CT molecular complexity index is 1400. The van der Waals surface area contributed by atoms with Gasteiger partial charge in [0.1, 0.15) is 35.7 Å². The summed E-state index contributed by atoms with van der Waals surface area (Å²) in [4.78, 5) is 2.47. The van der Waals surface area contributed by atoms with Crippen LogP contribution in [0.2, 0.25) is 0 Å². The molecule has 206 valence electrons. The van der Waals surface area contributed by atoms with E-state index < -0.39 is 17.2 Å². The quantitative estimate of drug-likeness (QED) is 0.351. The Balaban J connectivity index is 1.47. The number of rotatable bonds is 8. The van der Waals surface area contributed by atoms with Gasteiger partial charge in [-0.25, -0.2) is 0 Å². The van der Waals surface area contributed by atoms with Gasteiger partial charge in [0, 0.05) is 29.5 Å². The molecule has 3 aromatic carbocycles. The van der Waals surface area contributed by atoms with Crippen molar-refractivity contribution in [3.05, 3.63) is 82.9 Å². The van der Waals surface area contributed by atoms with Gasteiger partial charge in [0.2, 0.25) is 0 Å². The number of benzene rings is 3. The summed E-state index contributed by atoms with van der Waals surface area (Å²) in [6.07, 6.45) is 0.691. The number of ether oxygens (including phenoxy) is 2. The molecule has 2 unspecified atom stereocenters. The highest BCUT2D eigenvalue weighted by Crippen LogP contribution is 2.48. The number of phenols is 2. The van der Waals surface area contributed by atoms with E-state index in [4.69, 9.17) is 9.47 Å². The van der Waals surface area contributed by atoms with Crippen molar-refractivity contribution in [2.75, 3.05) is 19.7 Å². The molecule has 0 bridgehead atoms. The van der Waals surface area contributed by atoms with Crippen LogP contribution in [0.3, 0.4) is 0 Å². The van der Waals surface area contributed by atoms with Gasteiger partial charge in [-0.05, 0) is 97.5 Å². The third-order valence-electron chi connectivity index (χ3n) is 7.68. The van der Waals surface area contributed by atoms with Gasteiger partial charge >= 0.3 is 0 Å². The van der Waals surface area contributed by atoms with Crippen LogP contribution in [0.5, 0.6) is 23.0 Å².